The Balaban J connectivity index is 1.48. The van der Waals surface area contributed by atoms with Crippen LogP contribution >= 0.6 is 0 Å². The number of piperazine rings is 1. The molecule has 144 valence electrons. The standard InChI is InChI=1S/C19H23N3O5/c1-27-13-7-17(24)21-11-9-20(10-12-21)16(23)6-8-22-18(25)14-4-2-3-5-15(14)19(22)26/h2-5H,6-13H2,1H3. The zero-order valence-electron chi connectivity index (χ0n) is 15.3. The highest BCUT2D eigenvalue weighted by Crippen LogP contribution is 2.22. The zero-order valence-corrected chi connectivity index (χ0v) is 15.3. The molecule has 0 unspecified atom stereocenters. The van der Waals surface area contributed by atoms with Gasteiger partial charge in [-0.3, -0.25) is 24.1 Å². The van der Waals surface area contributed by atoms with Crippen molar-refractivity contribution in [2.75, 3.05) is 46.4 Å². The van der Waals surface area contributed by atoms with Crippen LogP contribution < -0.4 is 0 Å². The zero-order chi connectivity index (χ0) is 19.4. The first-order valence-electron chi connectivity index (χ1n) is 9.02. The van der Waals surface area contributed by atoms with Gasteiger partial charge in [0, 0.05) is 46.3 Å². The van der Waals surface area contributed by atoms with E-state index in [4.69, 9.17) is 4.74 Å². The first-order chi connectivity index (χ1) is 13.0. The van der Waals surface area contributed by atoms with Crippen LogP contribution in [0.5, 0.6) is 0 Å². The highest BCUT2D eigenvalue weighted by atomic mass is 16.5. The molecule has 1 aromatic rings. The van der Waals surface area contributed by atoms with Crippen LogP contribution in [-0.2, 0) is 14.3 Å². The van der Waals surface area contributed by atoms with E-state index < -0.39 is 0 Å². The summed E-state index contributed by atoms with van der Waals surface area (Å²) in [5.41, 5.74) is 0.774. The number of amides is 4. The summed E-state index contributed by atoms with van der Waals surface area (Å²) >= 11 is 0. The lowest BCUT2D eigenvalue weighted by Crippen LogP contribution is -2.51. The van der Waals surface area contributed by atoms with Crippen molar-refractivity contribution in [3.8, 4) is 0 Å². The second kappa shape index (κ2) is 8.30. The maximum absolute atomic E-state index is 12.4. The van der Waals surface area contributed by atoms with Gasteiger partial charge in [-0.2, -0.15) is 0 Å². The Labute approximate surface area is 157 Å². The molecule has 0 aromatic heterocycles. The van der Waals surface area contributed by atoms with Crippen molar-refractivity contribution >= 4 is 23.6 Å². The van der Waals surface area contributed by atoms with Crippen LogP contribution in [0.1, 0.15) is 33.6 Å². The molecule has 8 heteroatoms. The summed E-state index contributed by atoms with van der Waals surface area (Å²) in [6.45, 7) is 2.35. The van der Waals surface area contributed by atoms with Crippen molar-refractivity contribution in [3.63, 3.8) is 0 Å². The maximum Gasteiger partial charge on any atom is 0.261 e. The smallest absolute Gasteiger partial charge is 0.261 e. The van der Waals surface area contributed by atoms with Crippen LogP contribution in [0.2, 0.25) is 0 Å². The van der Waals surface area contributed by atoms with E-state index >= 15 is 0 Å². The Hall–Kier alpha value is -2.74. The fourth-order valence-corrected chi connectivity index (χ4v) is 3.36. The summed E-state index contributed by atoms with van der Waals surface area (Å²) in [7, 11) is 1.55. The van der Waals surface area contributed by atoms with E-state index in [-0.39, 0.29) is 36.6 Å². The van der Waals surface area contributed by atoms with Crippen LogP contribution in [0.4, 0.5) is 0 Å². The summed E-state index contributed by atoms with van der Waals surface area (Å²) in [6, 6.07) is 6.67. The Bertz CT molecular complexity index is 720. The third-order valence-corrected chi connectivity index (χ3v) is 4.93. The first kappa shape index (κ1) is 19.0. The fraction of sp³-hybridized carbons (Fsp3) is 0.474. The Morgan fingerprint density at radius 2 is 1.37 bits per heavy atom. The van der Waals surface area contributed by atoms with Gasteiger partial charge in [0.15, 0.2) is 0 Å². The molecule has 27 heavy (non-hydrogen) atoms. The number of carbonyl (C=O) groups excluding carboxylic acids is 4. The number of carbonyl (C=O) groups is 4. The molecule has 3 rings (SSSR count). The molecular formula is C19H23N3O5. The molecule has 0 atom stereocenters. The van der Waals surface area contributed by atoms with E-state index in [1.165, 1.54) is 0 Å². The molecule has 4 amide bonds. The van der Waals surface area contributed by atoms with Crippen LogP contribution in [0.15, 0.2) is 24.3 Å². The topological polar surface area (TPSA) is 87.2 Å². The molecule has 0 radical (unpaired) electrons. The summed E-state index contributed by atoms with van der Waals surface area (Å²) in [5, 5.41) is 0. The average Bonchev–Trinajstić information content (AvgIpc) is 2.95. The first-order valence-corrected chi connectivity index (χ1v) is 9.02. The lowest BCUT2D eigenvalue weighted by atomic mass is 10.1. The van der Waals surface area contributed by atoms with Gasteiger partial charge in [-0.1, -0.05) is 12.1 Å². The van der Waals surface area contributed by atoms with Gasteiger partial charge in [-0.25, -0.2) is 0 Å². The number of fused-ring (bicyclic) bond motifs is 1. The molecular weight excluding hydrogens is 350 g/mol. The third kappa shape index (κ3) is 4.00. The predicted molar refractivity (Wildman–Crippen MR) is 96.1 cm³/mol. The van der Waals surface area contributed by atoms with Gasteiger partial charge in [-0.05, 0) is 12.1 Å². The quantitative estimate of drug-likeness (QED) is 0.673. The van der Waals surface area contributed by atoms with Crippen molar-refractivity contribution in [1.82, 2.24) is 14.7 Å². The summed E-state index contributed by atoms with van der Waals surface area (Å²) in [5.74, 6) is -0.792. The molecule has 8 nitrogen and oxygen atoms in total. The van der Waals surface area contributed by atoms with Crippen molar-refractivity contribution in [1.29, 1.82) is 0 Å². The molecule has 0 spiro atoms. The van der Waals surface area contributed by atoms with Crippen molar-refractivity contribution in [2.45, 2.75) is 12.8 Å². The highest BCUT2D eigenvalue weighted by Gasteiger charge is 2.35. The average molecular weight is 373 g/mol. The highest BCUT2D eigenvalue weighted by molar-refractivity contribution is 6.21. The van der Waals surface area contributed by atoms with Gasteiger partial charge in [0.25, 0.3) is 11.8 Å². The van der Waals surface area contributed by atoms with Crippen molar-refractivity contribution in [3.05, 3.63) is 35.4 Å². The van der Waals surface area contributed by atoms with E-state index in [2.05, 4.69) is 0 Å². The molecule has 0 saturated carbocycles. The third-order valence-electron chi connectivity index (χ3n) is 4.93. The van der Waals surface area contributed by atoms with Gasteiger partial charge in [0.2, 0.25) is 11.8 Å². The second-order valence-electron chi connectivity index (χ2n) is 6.56. The lowest BCUT2D eigenvalue weighted by Gasteiger charge is -2.35. The summed E-state index contributed by atoms with van der Waals surface area (Å²) < 4.78 is 4.91. The second-order valence-corrected chi connectivity index (χ2v) is 6.56. The number of nitrogens with zero attached hydrogens (tertiary/aromatic N) is 3. The number of hydrogen-bond acceptors (Lipinski definition) is 5. The van der Waals surface area contributed by atoms with E-state index in [9.17, 15) is 19.2 Å². The van der Waals surface area contributed by atoms with Crippen LogP contribution in [0, 0.1) is 0 Å². The Morgan fingerprint density at radius 1 is 0.889 bits per heavy atom. The largest absolute Gasteiger partial charge is 0.384 e. The minimum Gasteiger partial charge on any atom is -0.384 e. The number of ether oxygens (including phenoxy) is 1. The van der Waals surface area contributed by atoms with Gasteiger partial charge in [0.05, 0.1) is 24.2 Å². The minimum absolute atomic E-state index is 0.0231. The molecule has 1 fully saturated rings. The normalized spacial score (nSPS) is 16.7. The van der Waals surface area contributed by atoms with Crippen LogP contribution in [0.25, 0.3) is 0 Å². The Morgan fingerprint density at radius 3 is 1.85 bits per heavy atom. The van der Waals surface area contributed by atoms with Gasteiger partial charge < -0.3 is 14.5 Å². The number of imide groups is 1. The molecule has 0 aliphatic carbocycles. The molecule has 0 N–H and O–H groups in total. The molecule has 0 bridgehead atoms. The van der Waals surface area contributed by atoms with Crippen LogP contribution in [0.3, 0.4) is 0 Å². The SMILES string of the molecule is COCCC(=O)N1CCN(C(=O)CCN2C(=O)c3ccccc3C2=O)CC1. The predicted octanol–water partition coefficient (Wildman–Crippen LogP) is 0.380. The van der Waals surface area contributed by atoms with Crippen molar-refractivity contribution in [2.24, 2.45) is 0 Å². The lowest BCUT2D eigenvalue weighted by molar-refractivity contribution is -0.140. The van der Waals surface area contributed by atoms with Gasteiger partial charge >= 0.3 is 0 Å². The number of benzene rings is 1. The minimum atomic E-state index is -0.350. The maximum atomic E-state index is 12.4. The van der Waals surface area contributed by atoms with E-state index in [0.29, 0.717) is 50.3 Å². The molecule has 2 heterocycles. The van der Waals surface area contributed by atoms with E-state index in [1.807, 2.05) is 0 Å². The monoisotopic (exact) mass is 373 g/mol. The molecule has 2 aliphatic heterocycles. The number of methoxy groups -OCH3 is 1. The van der Waals surface area contributed by atoms with E-state index in [0.717, 1.165) is 4.90 Å². The van der Waals surface area contributed by atoms with Gasteiger partial charge in [0.1, 0.15) is 0 Å². The van der Waals surface area contributed by atoms with Crippen molar-refractivity contribution < 1.29 is 23.9 Å². The van der Waals surface area contributed by atoms with Crippen LogP contribution in [-0.4, -0.2) is 84.8 Å². The van der Waals surface area contributed by atoms with Gasteiger partial charge in [-0.15, -0.1) is 0 Å². The summed E-state index contributed by atoms with van der Waals surface area (Å²) in [6.07, 6.45) is 0.424. The number of rotatable bonds is 6. The molecule has 1 aromatic carbocycles. The Kier molecular flexibility index (Phi) is 5.85. The molecule has 2 aliphatic rings. The fourth-order valence-electron chi connectivity index (χ4n) is 3.36. The van der Waals surface area contributed by atoms with E-state index in [1.54, 1.807) is 41.2 Å². The summed E-state index contributed by atoms with van der Waals surface area (Å²) in [4.78, 5) is 53.6. The number of hydrogen-bond donors (Lipinski definition) is 0. The molecule has 1 saturated heterocycles.